The van der Waals surface area contributed by atoms with Crippen LogP contribution >= 0.6 is 0 Å². The number of carbonyl (C=O) groups is 2. The van der Waals surface area contributed by atoms with Crippen molar-refractivity contribution < 1.29 is 14.3 Å². The minimum Gasteiger partial charge on any atom is -0.479 e. The lowest BCUT2D eigenvalue weighted by atomic mass is 9.97. The molecule has 8 heteroatoms. The second-order valence-electron chi connectivity index (χ2n) is 6.77. The fraction of sp³-hybridized carbons (Fsp3) is 0.500. The van der Waals surface area contributed by atoms with Crippen molar-refractivity contribution in [1.82, 2.24) is 19.9 Å². The van der Waals surface area contributed by atoms with Crippen molar-refractivity contribution in [1.29, 1.82) is 0 Å². The number of amides is 2. The molecule has 0 radical (unpaired) electrons. The van der Waals surface area contributed by atoms with Gasteiger partial charge in [-0.15, -0.1) is 10.2 Å². The fourth-order valence-corrected chi connectivity index (χ4v) is 3.25. The topological polar surface area (TPSA) is 97.6 Å². The van der Waals surface area contributed by atoms with E-state index in [4.69, 9.17) is 4.74 Å². The Kier molecular flexibility index (Phi) is 7.00. The van der Waals surface area contributed by atoms with Crippen molar-refractivity contribution in [3.63, 3.8) is 0 Å². The van der Waals surface area contributed by atoms with E-state index in [1.807, 2.05) is 13.0 Å². The Bertz CT molecular complexity index is 859. The number of nitrogens with one attached hydrogen (secondary N) is 2. The van der Waals surface area contributed by atoms with Gasteiger partial charge in [0.15, 0.2) is 5.65 Å². The average Bonchev–Trinajstić information content (AvgIpc) is 3.11. The molecule has 2 heterocycles. The van der Waals surface area contributed by atoms with E-state index in [9.17, 15) is 9.59 Å². The van der Waals surface area contributed by atoms with E-state index in [0.29, 0.717) is 24.7 Å². The van der Waals surface area contributed by atoms with Gasteiger partial charge in [0.2, 0.25) is 23.6 Å². The first-order chi connectivity index (χ1) is 13.7. The molecule has 0 saturated heterocycles. The third-order valence-electron chi connectivity index (χ3n) is 4.67. The van der Waals surface area contributed by atoms with Gasteiger partial charge in [-0.1, -0.05) is 17.7 Å². The zero-order chi connectivity index (χ0) is 19.8. The highest BCUT2D eigenvalue weighted by molar-refractivity contribution is 5.92. The molecule has 0 bridgehead atoms. The summed E-state index contributed by atoms with van der Waals surface area (Å²) in [5.74, 6) is 0.433. The largest absolute Gasteiger partial charge is 0.479 e. The maximum absolute atomic E-state index is 12.2. The minimum atomic E-state index is -0.286. The number of allylic oxidation sites excluding steroid dienone is 1. The van der Waals surface area contributed by atoms with Crippen LogP contribution in [-0.2, 0) is 9.59 Å². The lowest BCUT2D eigenvalue weighted by Gasteiger charge is -2.13. The summed E-state index contributed by atoms with van der Waals surface area (Å²) in [5.41, 5.74) is 2.00. The molecule has 0 atom stereocenters. The molecular weight excluding hydrogens is 358 g/mol. The van der Waals surface area contributed by atoms with Gasteiger partial charge in [0.1, 0.15) is 0 Å². The Morgan fingerprint density at radius 1 is 1.18 bits per heavy atom. The summed E-state index contributed by atoms with van der Waals surface area (Å²) in [5, 5.41) is 13.6. The summed E-state index contributed by atoms with van der Waals surface area (Å²) in [7, 11) is 0. The molecule has 0 saturated carbocycles. The summed E-state index contributed by atoms with van der Waals surface area (Å²) < 4.78 is 7.19. The van der Waals surface area contributed by atoms with Crippen LogP contribution in [0.15, 0.2) is 29.8 Å². The molecule has 0 fully saturated rings. The molecule has 150 valence electrons. The number of carbonyl (C=O) groups excluding carboxylic acids is 2. The molecule has 2 N–H and O–H groups in total. The molecule has 0 spiro atoms. The van der Waals surface area contributed by atoms with Crippen LogP contribution in [0.1, 0.15) is 51.9 Å². The SMILES string of the molecule is CCOc1cccc2nnc(NC(=O)CCC(=O)NCCC3=CCCCC3)n12. The van der Waals surface area contributed by atoms with E-state index in [-0.39, 0.29) is 30.6 Å². The molecular formula is C20H27N5O3. The molecule has 2 amide bonds. The molecule has 0 aliphatic heterocycles. The van der Waals surface area contributed by atoms with Crippen molar-refractivity contribution in [2.45, 2.75) is 51.9 Å². The molecule has 2 aromatic heterocycles. The number of hydrogen-bond donors (Lipinski definition) is 2. The van der Waals surface area contributed by atoms with Crippen LogP contribution in [0, 0.1) is 0 Å². The lowest BCUT2D eigenvalue weighted by molar-refractivity contribution is -0.124. The minimum absolute atomic E-state index is 0.0836. The average molecular weight is 385 g/mol. The maximum atomic E-state index is 12.2. The van der Waals surface area contributed by atoms with E-state index in [2.05, 4.69) is 26.9 Å². The number of fused-ring (bicyclic) bond motifs is 1. The zero-order valence-corrected chi connectivity index (χ0v) is 16.2. The fourth-order valence-electron chi connectivity index (χ4n) is 3.25. The van der Waals surface area contributed by atoms with Gasteiger partial charge in [-0.3, -0.25) is 14.9 Å². The van der Waals surface area contributed by atoms with Gasteiger partial charge in [-0.25, -0.2) is 4.40 Å². The highest BCUT2D eigenvalue weighted by atomic mass is 16.5. The van der Waals surface area contributed by atoms with Gasteiger partial charge in [0.05, 0.1) is 6.61 Å². The van der Waals surface area contributed by atoms with E-state index in [1.54, 1.807) is 16.5 Å². The molecule has 1 aliphatic rings. The van der Waals surface area contributed by atoms with E-state index in [0.717, 1.165) is 19.3 Å². The van der Waals surface area contributed by atoms with Gasteiger partial charge >= 0.3 is 0 Å². The number of hydrogen-bond acceptors (Lipinski definition) is 5. The first-order valence-corrected chi connectivity index (χ1v) is 9.88. The Morgan fingerprint density at radius 3 is 2.82 bits per heavy atom. The first kappa shape index (κ1) is 19.9. The third kappa shape index (κ3) is 5.31. The van der Waals surface area contributed by atoms with Gasteiger partial charge in [0, 0.05) is 19.4 Å². The number of nitrogens with zero attached hydrogens (tertiary/aromatic N) is 3. The predicted octanol–water partition coefficient (Wildman–Crippen LogP) is 2.85. The Morgan fingerprint density at radius 2 is 2.04 bits per heavy atom. The molecule has 1 aliphatic carbocycles. The predicted molar refractivity (Wildman–Crippen MR) is 106 cm³/mol. The number of ether oxygens (including phenoxy) is 1. The maximum Gasteiger partial charge on any atom is 0.238 e. The molecule has 0 unspecified atom stereocenters. The number of rotatable bonds is 9. The highest BCUT2D eigenvalue weighted by Gasteiger charge is 2.14. The van der Waals surface area contributed by atoms with Crippen molar-refractivity contribution in [3.05, 3.63) is 29.8 Å². The molecule has 0 aromatic carbocycles. The van der Waals surface area contributed by atoms with E-state index < -0.39 is 0 Å². The van der Waals surface area contributed by atoms with Gasteiger partial charge in [0.25, 0.3) is 0 Å². The van der Waals surface area contributed by atoms with Crippen molar-refractivity contribution >= 4 is 23.4 Å². The Labute approximate surface area is 164 Å². The summed E-state index contributed by atoms with van der Waals surface area (Å²) in [6.07, 6.45) is 8.17. The zero-order valence-electron chi connectivity index (χ0n) is 16.2. The molecule has 3 rings (SSSR count). The Balaban J connectivity index is 1.46. The van der Waals surface area contributed by atoms with Crippen molar-refractivity contribution in [2.24, 2.45) is 0 Å². The van der Waals surface area contributed by atoms with Crippen molar-refractivity contribution in [3.8, 4) is 5.88 Å². The second-order valence-corrected chi connectivity index (χ2v) is 6.77. The van der Waals surface area contributed by atoms with Crippen LogP contribution in [0.5, 0.6) is 5.88 Å². The van der Waals surface area contributed by atoms with Crippen LogP contribution in [0.3, 0.4) is 0 Å². The Hall–Kier alpha value is -2.90. The van der Waals surface area contributed by atoms with Gasteiger partial charge < -0.3 is 10.1 Å². The molecule has 28 heavy (non-hydrogen) atoms. The van der Waals surface area contributed by atoms with Gasteiger partial charge in [-0.2, -0.15) is 0 Å². The van der Waals surface area contributed by atoms with E-state index >= 15 is 0 Å². The van der Waals surface area contributed by atoms with Crippen LogP contribution in [0.2, 0.25) is 0 Å². The third-order valence-corrected chi connectivity index (χ3v) is 4.67. The van der Waals surface area contributed by atoms with Crippen LogP contribution in [0.4, 0.5) is 5.95 Å². The van der Waals surface area contributed by atoms with Crippen LogP contribution in [0.25, 0.3) is 5.65 Å². The van der Waals surface area contributed by atoms with Gasteiger partial charge in [-0.05, 0) is 51.2 Å². The number of aromatic nitrogens is 3. The standard InChI is InChI=1S/C20H27N5O3/c1-2-28-19-10-6-9-16-23-24-20(25(16)19)22-18(27)12-11-17(26)21-14-13-15-7-4-3-5-8-15/h6-7,9-10H,2-5,8,11-14H2,1H3,(H,21,26)(H,22,24,27). The van der Waals surface area contributed by atoms with E-state index in [1.165, 1.54) is 18.4 Å². The normalized spacial score (nSPS) is 13.8. The molecule has 2 aromatic rings. The molecule has 8 nitrogen and oxygen atoms in total. The van der Waals surface area contributed by atoms with Crippen LogP contribution < -0.4 is 15.4 Å². The monoisotopic (exact) mass is 385 g/mol. The number of anilines is 1. The summed E-state index contributed by atoms with van der Waals surface area (Å²) in [6.45, 7) is 2.99. The first-order valence-electron chi connectivity index (χ1n) is 9.88. The lowest BCUT2D eigenvalue weighted by Crippen LogP contribution is -2.26. The smallest absolute Gasteiger partial charge is 0.238 e. The van der Waals surface area contributed by atoms with Crippen LogP contribution in [-0.4, -0.2) is 39.6 Å². The summed E-state index contributed by atoms with van der Waals surface area (Å²) in [4.78, 5) is 24.2. The second kappa shape index (κ2) is 9.87. The quantitative estimate of drug-likeness (QED) is 0.647. The highest BCUT2D eigenvalue weighted by Crippen LogP contribution is 2.20. The summed E-state index contributed by atoms with van der Waals surface area (Å²) in [6, 6.07) is 5.37. The number of pyridine rings is 1. The van der Waals surface area contributed by atoms with Crippen molar-refractivity contribution in [2.75, 3.05) is 18.5 Å². The summed E-state index contributed by atoms with van der Waals surface area (Å²) >= 11 is 0.